The van der Waals surface area contributed by atoms with Gasteiger partial charge in [-0.3, -0.25) is 9.69 Å². The van der Waals surface area contributed by atoms with Gasteiger partial charge in [-0.15, -0.1) is 12.4 Å². The van der Waals surface area contributed by atoms with Gasteiger partial charge in [0.1, 0.15) is 18.0 Å². The maximum atomic E-state index is 15.1. The van der Waals surface area contributed by atoms with Crippen LogP contribution in [0.1, 0.15) is 29.5 Å². The number of piperidine rings is 1. The predicted octanol–water partition coefficient (Wildman–Crippen LogP) is 5.71. The Morgan fingerprint density at radius 2 is 1.64 bits per heavy atom. The summed E-state index contributed by atoms with van der Waals surface area (Å²) in [5.74, 6) is -2.18. The summed E-state index contributed by atoms with van der Waals surface area (Å²) in [5, 5.41) is 9.10. The first-order chi connectivity index (χ1) is 16.9. The van der Waals surface area contributed by atoms with Crippen molar-refractivity contribution in [3.05, 3.63) is 101 Å². The molecule has 0 saturated carbocycles. The molecule has 0 unspecified atom stereocenters. The number of hydrogen-bond acceptors (Lipinski definition) is 4. The number of halogens is 3. The van der Waals surface area contributed by atoms with Gasteiger partial charge in [0.2, 0.25) is 0 Å². The Morgan fingerprint density at radius 1 is 1.00 bits per heavy atom. The van der Waals surface area contributed by atoms with Crippen LogP contribution in [0.5, 0.6) is 11.5 Å². The summed E-state index contributed by atoms with van der Waals surface area (Å²) in [6.07, 6.45) is 3.08. The number of carboxylic acid groups (broad SMARTS) is 1. The summed E-state index contributed by atoms with van der Waals surface area (Å²) in [4.78, 5) is 13.0. The normalized spacial score (nSPS) is 16.3. The van der Waals surface area contributed by atoms with Gasteiger partial charge < -0.3 is 14.6 Å². The van der Waals surface area contributed by atoms with E-state index in [2.05, 4.69) is 0 Å². The molecule has 3 aromatic rings. The van der Waals surface area contributed by atoms with Crippen LogP contribution in [0.15, 0.2) is 72.8 Å². The van der Waals surface area contributed by atoms with E-state index in [0.29, 0.717) is 42.8 Å². The lowest BCUT2D eigenvalue weighted by atomic mass is 9.83. The third kappa shape index (κ3) is 5.37. The van der Waals surface area contributed by atoms with Gasteiger partial charge in [-0.25, -0.2) is 8.78 Å². The third-order valence-electron chi connectivity index (χ3n) is 6.49. The summed E-state index contributed by atoms with van der Waals surface area (Å²) in [7, 11) is 0. The monoisotopic (exact) mass is 513 g/mol. The number of nitrogens with zero attached hydrogens (tertiary/aromatic N) is 1. The Morgan fingerprint density at radius 3 is 2.31 bits per heavy atom. The average Bonchev–Trinajstić information content (AvgIpc) is 2.85. The van der Waals surface area contributed by atoms with E-state index in [1.54, 1.807) is 0 Å². The van der Waals surface area contributed by atoms with Gasteiger partial charge in [0.05, 0.1) is 6.54 Å². The predicted molar refractivity (Wildman–Crippen MR) is 135 cm³/mol. The second kappa shape index (κ2) is 10.7. The Kier molecular flexibility index (Phi) is 7.62. The highest BCUT2D eigenvalue weighted by molar-refractivity contribution is 5.85. The van der Waals surface area contributed by atoms with Gasteiger partial charge in [-0.05, 0) is 41.0 Å². The number of benzene rings is 3. The minimum absolute atomic E-state index is 0. The van der Waals surface area contributed by atoms with E-state index < -0.39 is 29.0 Å². The second-order valence-electron chi connectivity index (χ2n) is 8.93. The lowest BCUT2D eigenvalue weighted by Gasteiger charge is -2.42. The van der Waals surface area contributed by atoms with Gasteiger partial charge in [-0.1, -0.05) is 48.5 Å². The van der Waals surface area contributed by atoms with Crippen molar-refractivity contribution in [3.8, 4) is 11.5 Å². The number of para-hydroxylation sites is 1. The Hall–Kier alpha value is -3.42. The van der Waals surface area contributed by atoms with E-state index in [1.807, 2.05) is 65.6 Å². The van der Waals surface area contributed by atoms with E-state index in [0.717, 1.165) is 11.1 Å². The fourth-order valence-electron chi connectivity index (χ4n) is 4.72. The molecule has 5 nitrogen and oxygen atoms in total. The van der Waals surface area contributed by atoms with E-state index in [-0.39, 0.29) is 25.6 Å². The molecule has 5 rings (SSSR count). The molecule has 1 saturated heterocycles. The molecule has 1 N–H and O–H groups in total. The van der Waals surface area contributed by atoms with Crippen LogP contribution < -0.4 is 9.47 Å². The van der Waals surface area contributed by atoms with Crippen LogP contribution in [-0.2, 0) is 11.4 Å². The number of rotatable bonds is 6. The van der Waals surface area contributed by atoms with Gasteiger partial charge in [-0.2, -0.15) is 0 Å². The number of likely N-dealkylation sites (tertiary alicyclic amines) is 1. The minimum atomic E-state index is -0.868. The fraction of sp³-hybridized carbons (Fsp3) is 0.250. The standard InChI is InChI=1S/C28H25F2NO4.ClH/c29-23-14-20(15-24(30)27(23)34-18-19-6-2-1-3-7-19)22-16-28(35-25-9-5-4-8-21(22)25)10-12-31(13-11-28)17-26(32)33;/h1-9,14-16H,10-13,17-18H2,(H,32,33);1H. The van der Waals surface area contributed by atoms with Crippen molar-refractivity contribution >= 4 is 23.9 Å². The largest absolute Gasteiger partial charge is 0.483 e. The number of carbonyl (C=O) groups is 1. The van der Waals surface area contributed by atoms with Crippen molar-refractivity contribution in [3.63, 3.8) is 0 Å². The van der Waals surface area contributed by atoms with Crippen LogP contribution in [-0.4, -0.2) is 41.2 Å². The zero-order valence-corrected chi connectivity index (χ0v) is 20.3. The van der Waals surface area contributed by atoms with Crippen LogP contribution >= 0.6 is 12.4 Å². The molecule has 188 valence electrons. The van der Waals surface area contributed by atoms with Gasteiger partial charge >= 0.3 is 5.97 Å². The van der Waals surface area contributed by atoms with Gasteiger partial charge in [0.25, 0.3) is 0 Å². The van der Waals surface area contributed by atoms with Crippen molar-refractivity contribution in [2.24, 2.45) is 0 Å². The Balaban J connectivity index is 0.00000304. The summed E-state index contributed by atoms with van der Waals surface area (Å²) in [6.45, 7) is 1.13. The van der Waals surface area contributed by atoms with Gasteiger partial charge in [0, 0.05) is 31.5 Å². The summed E-state index contributed by atoms with van der Waals surface area (Å²) in [5.41, 5.74) is 1.98. The quantitative estimate of drug-likeness (QED) is 0.457. The molecule has 1 spiro atoms. The molecule has 2 aliphatic heterocycles. The zero-order chi connectivity index (χ0) is 24.4. The smallest absolute Gasteiger partial charge is 0.317 e. The minimum Gasteiger partial charge on any atom is -0.483 e. The first-order valence-corrected chi connectivity index (χ1v) is 11.5. The number of carboxylic acids is 1. The molecule has 2 heterocycles. The van der Waals surface area contributed by atoms with Crippen LogP contribution in [0.4, 0.5) is 8.78 Å². The maximum Gasteiger partial charge on any atom is 0.317 e. The van der Waals surface area contributed by atoms with Crippen molar-refractivity contribution in [2.45, 2.75) is 25.0 Å². The summed E-state index contributed by atoms with van der Waals surface area (Å²) < 4.78 is 42.0. The summed E-state index contributed by atoms with van der Waals surface area (Å²) in [6, 6.07) is 19.2. The molecule has 1 fully saturated rings. The van der Waals surface area contributed by atoms with E-state index in [9.17, 15) is 4.79 Å². The van der Waals surface area contributed by atoms with E-state index in [4.69, 9.17) is 14.6 Å². The maximum absolute atomic E-state index is 15.1. The molecular formula is C28H26ClF2NO4. The SMILES string of the molecule is Cl.O=C(O)CN1CCC2(C=C(c3cc(F)c(OCc4ccccc4)c(F)c3)c3ccccc3O2)CC1. The van der Waals surface area contributed by atoms with Crippen LogP contribution in [0, 0.1) is 11.6 Å². The Labute approximate surface area is 214 Å². The number of hydrogen-bond donors (Lipinski definition) is 1. The molecule has 0 aromatic heterocycles. The second-order valence-corrected chi connectivity index (χ2v) is 8.93. The molecular weight excluding hydrogens is 488 g/mol. The average molecular weight is 514 g/mol. The van der Waals surface area contributed by atoms with Gasteiger partial charge in [0.15, 0.2) is 17.4 Å². The Bertz CT molecular complexity index is 1250. The lowest BCUT2D eigenvalue weighted by Crippen LogP contribution is -2.49. The molecule has 0 aliphatic carbocycles. The molecule has 0 bridgehead atoms. The van der Waals surface area contributed by atoms with Crippen molar-refractivity contribution in [2.75, 3.05) is 19.6 Å². The lowest BCUT2D eigenvalue weighted by molar-refractivity contribution is -0.139. The zero-order valence-electron chi connectivity index (χ0n) is 19.5. The highest BCUT2D eigenvalue weighted by atomic mass is 35.5. The molecule has 0 radical (unpaired) electrons. The highest BCUT2D eigenvalue weighted by Crippen LogP contribution is 2.44. The molecule has 3 aromatic carbocycles. The van der Waals surface area contributed by atoms with Crippen LogP contribution in [0.25, 0.3) is 5.57 Å². The van der Waals surface area contributed by atoms with Crippen LogP contribution in [0.2, 0.25) is 0 Å². The third-order valence-corrected chi connectivity index (χ3v) is 6.49. The van der Waals surface area contributed by atoms with E-state index >= 15 is 8.78 Å². The van der Waals surface area contributed by atoms with E-state index in [1.165, 1.54) is 12.1 Å². The topological polar surface area (TPSA) is 59.0 Å². The number of aliphatic carboxylic acids is 1. The molecule has 0 atom stereocenters. The summed E-state index contributed by atoms with van der Waals surface area (Å²) >= 11 is 0. The van der Waals surface area contributed by atoms with Crippen molar-refractivity contribution < 1.29 is 28.2 Å². The molecule has 36 heavy (non-hydrogen) atoms. The first-order valence-electron chi connectivity index (χ1n) is 11.5. The number of ether oxygens (including phenoxy) is 2. The van der Waals surface area contributed by atoms with Crippen molar-refractivity contribution in [1.82, 2.24) is 4.90 Å². The number of fused-ring (bicyclic) bond motifs is 1. The molecule has 0 amide bonds. The van der Waals surface area contributed by atoms with Crippen LogP contribution in [0.3, 0.4) is 0 Å². The molecule has 8 heteroatoms. The highest BCUT2D eigenvalue weighted by Gasteiger charge is 2.39. The first kappa shape index (κ1) is 25.7. The molecule has 2 aliphatic rings. The van der Waals surface area contributed by atoms with Crippen molar-refractivity contribution in [1.29, 1.82) is 0 Å². The fourth-order valence-corrected chi connectivity index (χ4v) is 4.72.